The Kier molecular flexibility index (Phi) is 5.80. The monoisotopic (exact) mass is 270 g/mol. The van der Waals surface area contributed by atoms with Gasteiger partial charge in [-0.25, -0.2) is 9.59 Å². The molecule has 4 N–H and O–H groups in total. The zero-order valence-corrected chi connectivity index (χ0v) is 10.7. The zero-order valence-electron chi connectivity index (χ0n) is 10.7. The van der Waals surface area contributed by atoms with Crippen molar-refractivity contribution >= 4 is 12.0 Å². The summed E-state index contributed by atoms with van der Waals surface area (Å²) in [7, 11) is 1.80. The van der Waals surface area contributed by atoms with E-state index in [9.17, 15) is 9.59 Å². The molecule has 0 radical (unpaired) electrons. The van der Waals surface area contributed by atoms with Crippen LogP contribution in [0.4, 0.5) is 4.79 Å². The van der Waals surface area contributed by atoms with Gasteiger partial charge in [0.15, 0.2) is 0 Å². The second-order valence-corrected chi connectivity index (χ2v) is 4.03. The normalized spacial score (nSPS) is 11.9. The van der Waals surface area contributed by atoms with E-state index in [0.717, 1.165) is 5.69 Å². The summed E-state index contributed by atoms with van der Waals surface area (Å²) in [6, 6.07) is 0.183. The van der Waals surface area contributed by atoms with Gasteiger partial charge in [-0.2, -0.15) is 5.10 Å². The van der Waals surface area contributed by atoms with Gasteiger partial charge >= 0.3 is 12.0 Å². The van der Waals surface area contributed by atoms with Gasteiger partial charge in [0.1, 0.15) is 6.04 Å². The summed E-state index contributed by atoms with van der Waals surface area (Å²) in [5, 5.41) is 26.4. The Morgan fingerprint density at radius 1 is 1.53 bits per heavy atom. The highest BCUT2D eigenvalue weighted by molar-refractivity contribution is 5.82. The lowest BCUT2D eigenvalue weighted by Gasteiger charge is -2.13. The maximum Gasteiger partial charge on any atom is 0.326 e. The number of hydrogen-bond donors (Lipinski definition) is 4. The third-order valence-corrected chi connectivity index (χ3v) is 2.46. The molecule has 2 amide bonds. The van der Waals surface area contributed by atoms with Crippen LogP contribution in [0.3, 0.4) is 0 Å². The number of aliphatic hydroxyl groups excluding tert-OH is 1. The predicted octanol–water partition coefficient (Wildman–Crippen LogP) is -0.903. The number of aliphatic carboxylic acids is 1. The number of amides is 2. The van der Waals surface area contributed by atoms with E-state index in [1.54, 1.807) is 17.9 Å². The number of aromatic nitrogens is 2. The average molecular weight is 270 g/mol. The van der Waals surface area contributed by atoms with Crippen LogP contribution in [-0.4, -0.2) is 51.2 Å². The molecule has 0 saturated carbocycles. The minimum absolute atomic E-state index is 0.0248. The maximum atomic E-state index is 11.4. The first-order chi connectivity index (χ1) is 9.02. The summed E-state index contributed by atoms with van der Waals surface area (Å²) in [5.74, 6) is -1.17. The number of carboxylic acids is 1. The van der Waals surface area contributed by atoms with Crippen LogP contribution in [0.1, 0.15) is 12.1 Å². The summed E-state index contributed by atoms with van der Waals surface area (Å²) < 4.78 is 1.66. The van der Waals surface area contributed by atoms with Crippen molar-refractivity contribution in [2.75, 3.05) is 13.2 Å². The van der Waals surface area contributed by atoms with Crippen LogP contribution in [0.25, 0.3) is 0 Å². The number of nitrogens with zero attached hydrogens (tertiary/aromatic N) is 2. The van der Waals surface area contributed by atoms with E-state index in [1.165, 1.54) is 0 Å². The molecule has 1 aromatic rings. The van der Waals surface area contributed by atoms with Crippen LogP contribution < -0.4 is 10.6 Å². The second-order valence-electron chi connectivity index (χ2n) is 4.03. The van der Waals surface area contributed by atoms with E-state index in [-0.39, 0.29) is 13.0 Å². The van der Waals surface area contributed by atoms with Crippen LogP contribution in [0.5, 0.6) is 0 Å². The van der Waals surface area contributed by atoms with Crippen molar-refractivity contribution < 1.29 is 19.8 Å². The number of nitrogens with one attached hydrogen (secondary N) is 2. The van der Waals surface area contributed by atoms with Crippen LogP contribution in [0.2, 0.25) is 0 Å². The molecule has 0 spiro atoms. The van der Waals surface area contributed by atoms with E-state index in [0.29, 0.717) is 13.0 Å². The molecule has 1 unspecified atom stereocenters. The van der Waals surface area contributed by atoms with Crippen LogP contribution >= 0.6 is 0 Å². The Labute approximate surface area is 110 Å². The quantitative estimate of drug-likeness (QED) is 0.512. The SMILES string of the molecule is Cn1ccc(CCNC(=O)NC(CCO)C(=O)O)n1. The zero-order chi connectivity index (χ0) is 14.3. The summed E-state index contributed by atoms with van der Waals surface area (Å²) in [4.78, 5) is 22.2. The minimum Gasteiger partial charge on any atom is -0.480 e. The fraction of sp³-hybridized carbons (Fsp3) is 0.545. The number of rotatable bonds is 7. The Morgan fingerprint density at radius 2 is 2.26 bits per heavy atom. The van der Waals surface area contributed by atoms with Crippen molar-refractivity contribution in [2.45, 2.75) is 18.9 Å². The maximum absolute atomic E-state index is 11.4. The van der Waals surface area contributed by atoms with Gasteiger partial charge in [-0.1, -0.05) is 0 Å². The van der Waals surface area contributed by atoms with E-state index in [4.69, 9.17) is 10.2 Å². The molecule has 106 valence electrons. The van der Waals surface area contributed by atoms with Crippen molar-refractivity contribution in [3.05, 3.63) is 18.0 Å². The number of carbonyl (C=O) groups is 2. The Morgan fingerprint density at radius 3 is 2.79 bits per heavy atom. The van der Waals surface area contributed by atoms with Crippen molar-refractivity contribution in [1.29, 1.82) is 0 Å². The topological polar surface area (TPSA) is 116 Å². The van der Waals surface area contributed by atoms with Crippen LogP contribution in [0, 0.1) is 0 Å². The molecule has 0 aliphatic heterocycles. The lowest BCUT2D eigenvalue weighted by molar-refractivity contribution is -0.139. The van der Waals surface area contributed by atoms with E-state index in [2.05, 4.69) is 15.7 Å². The molecule has 8 heteroatoms. The van der Waals surface area contributed by atoms with Crippen molar-refractivity contribution in [3.63, 3.8) is 0 Å². The summed E-state index contributed by atoms with van der Waals surface area (Å²) >= 11 is 0. The highest BCUT2D eigenvalue weighted by atomic mass is 16.4. The molecule has 1 aromatic heterocycles. The number of aliphatic hydroxyl groups is 1. The molecular formula is C11H18N4O4. The highest BCUT2D eigenvalue weighted by Crippen LogP contribution is 1.94. The third-order valence-electron chi connectivity index (χ3n) is 2.46. The second kappa shape index (κ2) is 7.37. The molecule has 1 rings (SSSR count). The standard InChI is InChI=1S/C11H18N4O4/c1-15-6-3-8(14-15)2-5-12-11(19)13-9(4-7-16)10(17)18/h3,6,9,16H,2,4-5,7H2,1H3,(H,17,18)(H2,12,13,19). The highest BCUT2D eigenvalue weighted by Gasteiger charge is 2.18. The van der Waals surface area contributed by atoms with E-state index in [1.807, 2.05) is 6.07 Å². The Bertz CT molecular complexity index is 432. The predicted molar refractivity (Wildman–Crippen MR) is 66.6 cm³/mol. The van der Waals surface area contributed by atoms with Gasteiger partial charge in [0.2, 0.25) is 0 Å². The fourth-order valence-electron chi connectivity index (χ4n) is 1.50. The van der Waals surface area contributed by atoms with Crippen LogP contribution in [-0.2, 0) is 18.3 Å². The van der Waals surface area contributed by atoms with Gasteiger partial charge in [0.25, 0.3) is 0 Å². The number of hydrogen-bond acceptors (Lipinski definition) is 4. The van der Waals surface area contributed by atoms with Crippen molar-refractivity contribution in [1.82, 2.24) is 20.4 Å². The fourth-order valence-corrected chi connectivity index (χ4v) is 1.50. The van der Waals surface area contributed by atoms with Gasteiger partial charge < -0.3 is 20.8 Å². The van der Waals surface area contributed by atoms with E-state index < -0.39 is 18.0 Å². The summed E-state index contributed by atoms with van der Waals surface area (Å²) in [6.07, 6.45) is 2.34. The molecule has 0 bridgehead atoms. The van der Waals surface area contributed by atoms with Gasteiger partial charge in [-0.3, -0.25) is 4.68 Å². The molecule has 8 nitrogen and oxygen atoms in total. The molecule has 0 aromatic carbocycles. The summed E-state index contributed by atoms with van der Waals surface area (Å²) in [6.45, 7) is 0.0551. The lowest BCUT2D eigenvalue weighted by Crippen LogP contribution is -2.46. The smallest absolute Gasteiger partial charge is 0.326 e. The molecule has 0 saturated heterocycles. The minimum atomic E-state index is -1.17. The first kappa shape index (κ1) is 15.0. The third kappa shape index (κ3) is 5.38. The van der Waals surface area contributed by atoms with E-state index >= 15 is 0 Å². The number of carboxylic acid groups (broad SMARTS) is 1. The first-order valence-electron chi connectivity index (χ1n) is 5.89. The average Bonchev–Trinajstić information content (AvgIpc) is 2.74. The molecular weight excluding hydrogens is 252 g/mol. The molecule has 0 fully saturated rings. The van der Waals surface area contributed by atoms with Crippen molar-refractivity contribution in [3.8, 4) is 0 Å². The van der Waals surface area contributed by atoms with Crippen LogP contribution in [0.15, 0.2) is 12.3 Å². The first-order valence-corrected chi connectivity index (χ1v) is 5.89. The molecule has 1 heterocycles. The molecule has 0 aliphatic carbocycles. The van der Waals surface area contributed by atoms with Gasteiger partial charge in [-0.15, -0.1) is 0 Å². The van der Waals surface area contributed by atoms with Gasteiger partial charge in [0, 0.05) is 39.2 Å². The molecule has 1 atom stereocenters. The summed E-state index contributed by atoms with van der Waals surface area (Å²) in [5.41, 5.74) is 0.841. The molecule has 0 aliphatic rings. The largest absolute Gasteiger partial charge is 0.480 e. The number of carbonyl (C=O) groups excluding carboxylic acids is 1. The number of urea groups is 1. The lowest BCUT2D eigenvalue weighted by atomic mass is 10.2. The Balaban J connectivity index is 2.28. The van der Waals surface area contributed by atoms with Gasteiger partial charge in [0.05, 0.1) is 5.69 Å². The Hall–Kier alpha value is -2.09. The molecule has 19 heavy (non-hydrogen) atoms. The van der Waals surface area contributed by atoms with Gasteiger partial charge in [-0.05, 0) is 6.07 Å². The number of aryl methyl sites for hydroxylation is 1. The van der Waals surface area contributed by atoms with Crippen molar-refractivity contribution in [2.24, 2.45) is 7.05 Å².